The lowest BCUT2D eigenvalue weighted by Gasteiger charge is -2.28. The Balaban J connectivity index is 0.000000211. The summed E-state index contributed by atoms with van der Waals surface area (Å²) < 4.78 is 69.7. The molecule has 524 valence electrons. The minimum Gasteiger partial charge on any atom is -0.444 e. The number of carbonyl (C=O) groups is 6. The summed E-state index contributed by atoms with van der Waals surface area (Å²) in [6, 6.07) is 5.59. The van der Waals surface area contributed by atoms with Gasteiger partial charge in [0.25, 0.3) is 11.8 Å². The van der Waals surface area contributed by atoms with E-state index in [1.807, 2.05) is 47.1 Å². The molecule has 29 heteroatoms. The summed E-state index contributed by atoms with van der Waals surface area (Å²) in [4.78, 5) is 92.2. The first kappa shape index (κ1) is 74.2. The number of carbonyl (C=O) groups excluding carboxylic acids is 6. The lowest BCUT2D eigenvalue weighted by Crippen LogP contribution is -2.41. The van der Waals surface area contributed by atoms with Crippen LogP contribution in [0.25, 0.3) is 22.1 Å². The van der Waals surface area contributed by atoms with Gasteiger partial charge in [-0.1, -0.05) is 5.92 Å². The number of nitrogens with zero attached hydrogens (tertiary/aromatic N) is 12. The fourth-order valence-electron chi connectivity index (χ4n) is 11.7. The maximum absolute atomic E-state index is 15.4. The molecule has 2 aliphatic heterocycles. The first-order valence-corrected chi connectivity index (χ1v) is 33.0. The van der Waals surface area contributed by atoms with Gasteiger partial charge in [0.2, 0.25) is 0 Å². The first-order chi connectivity index (χ1) is 45.1. The van der Waals surface area contributed by atoms with Crippen LogP contribution >= 0.6 is 22.6 Å². The molecule has 10 rings (SSSR count). The van der Waals surface area contributed by atoms with Crippen LogP contribution in [0, 0.1) is 53.2 Å². The van der Waals surface area contributed by atoms with Crippen molar-refractivity contribution in [1.82, 2.24) is 48.5 Å². The minimum atomic E-state index is -0.902. The standard InChI is InChI=1S/C34H44FN7O6.C23H35N5O6.C11H10FIN2/c1-19-37-26-14-20(24(35)16-27(26)41(19)21-11-12-21)10-13-25-28(29(36)43)30(39(8)31(44)47-33(2,3)4)42(38-25)22-15-23(18-46-9)40(17-22)32(45)48-34(5,6)7;1-10-16-17(18(24)29)19(26(8)20(30)33-22(2,3)4)28(25-16)14-11-15(13-32-9)27(12-14)21(31)34-23(5,6)7;1-6-14-10-5-9(13)8(12)4-11(10)15(6)7-2-3-7/h14,16,21-23H,11-12,15,17-18H2,1-9H3,(H2,36,43);1,14-15H,11-13H2,2-9H3,(H2,24,29);4-5,7H,2-3H2,1H3/t22-,23+;14-,15+;/m00./s1. The Kier molecular flexibility index (Phi) is 22.1. The molecule has 2 saturated carbocycles. The maximum atomic E-state index is 15.4. The molecular formula is C68H89F2IN14O12. The molecule has 2 saturated heterocycles. The number of primary amides is 2. The Morgan fingerprint density at radius 1 is 0.588 bits per heavy atom. The number of hydrogen-bond donors (Lipinski definition) is 2. The number of likely N-dealkylation sites (tertiary alicyclic amines) is 2. The lowest BCUT2D eigenvalue weighted by molar-refractivity contribution is 0.0136. The van der Waals surface area contributed by atoms with E-state index in [1.54, 1.807) is 105 Å². The van der Waals surface area contributed by atoms with E-state index in [0.717, 1.165) is 45.3 Å². The van der Waals surface area contributed by atoms with E-state index in [1.165, 1.54) is 56.6 Å². The highest BCUT2D eigenvalue weighted by atomic mass is 127. The average molecular weight is 1460 g/mol. The third-order valence-electron chi connectivity index (χ3n) is 15.8. The predicted molar refractivity (Wildman–Crippen MR) is 367 cm³/mol. The highest BCUT2D eigenvalue weighted by Crippen LogP contribution is 2.42. The number of ether oxygens (including phenoxy) is 6. The molecule has 0 spiro atoms. The van der Waals surface area contributed by atoms with Gasteiger partial charge < -0.3 is 58.8 Å². The van der Waals surface area contributed by atoms with Gasteiger partial charge in [-0.25, -0.2) is 47.3 Å². The minimum absolute atomic E-state index is 0.00285. The fraction of sp³-hybridized carbons (Fsp3) is 0.559. The Hall–Kier alpha value is -8.55. The second-order valence-electron chi connectivity index (χ2n) is 28.5. The number of hydrogen-bond acceptors (Lipinski definition) is 16. The first-order valence-electron chi connectivity index (χ1n) is 31.9. The van der Waals surface area contributed by atoms with Crippen LogP contribution in [0.5, 0.6) is 0 Å². The molecule has 4 aromatic heterocycles. The predicted octanol–water partition coefficient (Wildman–Crippen LogP) is 11.0. The van der Waals surface area contributed by atoms with Gasteiger partial charge in [0.15, 0.2) is 17.3 Å². The smallest absolute Gasteiger partial charge is 0.415 e. The van der Waals surface area contributed by atoms with Crippen LogP contribution in [-0.2, 0) is 28.4 Å². The summed E-state index contributed by atoms with van der Waals surface area (Å²) in [5.74, 6) is 7.50. The third-order valence-corrected chi connectivity index (χ3v) is 16.6. The summed E-state index contributed by atoms with van der Waals surface area (Å²) in [6.45, 7) is 25.7. The number of amides is 6. The summed E-state index contributed by atoms with van der Waals surface area (Å²) in [5.41, 5.74) is 11.4. The van der Waals surface area contributed by atoms with Gasteiger partial charge in [-0.2, -0.15) is 10.2 Å². The molecule has 0 radical (unpaired) electrons. The zero-order chi connectivity index (χ0) is 71.9. The fourth-order valence-corrected chi connectivity index (χ4v) is 12.1. The molecule has 2 aromatic carbocycles. The van der Waals surface area contributed by atoms with Crippen molar-refractivity contribution in [2.24, 2.45) is 11.5 Å². The molecule has 2 aliphatic carbocycles. The van der Waals surface area contributed by atoms with Crippen LogP contribution in [0.4, 0.5) is 39.6 Å². The Bertz CT molecular complexity index is 4120. The van der Waals surface area contributed by atoms with Crippen molar-refractivity contribution in [2.45, 2.75) is 194 Å². The van der Waals surface area contributed by atoms with Gasteiger partial charge in [0.1, 0.15) is 62.5 Å². The number of nitrogens with two attached hydrogens (primary N) is 2. The van der Waals surface area contributed by atoms with E-state index in [4.69, 9.17) is 46.3 Å². The van der Waals surface area contributed by atoms with Crippen LogP contribution < -0.4 is 21.3 Å². The van der Waals surface area contributed by atoms with Crippen LogP contribution in [-0.4, -0.2) is 174 Å². The number of methoxy groups -OCH3 is 2. The molecule has 97 heavy (non-hydrogen) atoms. The summed E-state index contributed by atoms with van der Waals surface area (Å²) >= 11 is 2.00. The molecule has 6 heterocycles. The molecule has 4 fully saturated rings. The van der Waals surface area contributed by atoms with Crippen molar-refractivity contribution >= 4 is 92.5 Å². The van der Waals surface area contributed by atoms with E-state index in [0.29, 0.717) is 39.5 Å². The highest BCUT2D eigenvalue weighted by Gasteiger charge is 2.44. The van der Waals surface area contributed by atoms with E-state index in [2.05, 4.69) is 42.5 Å². The highest BCUT2D eigenvalue weighted by molar-refractivity contribution is 14.1. The number of aryl methyl sites for hydroxylation is 2. The van der Waals surface area contributed by atoms with Gasteiger partial charge in [0, 0.05) is 65.6 Å². The molecule has 0 bridgehead atoms. The van der Waals surface area contributed by atoms with Crippen LogP contribution in [0.2, 0.25) is 0 Å². The summed E-state index contributed by atoms with van der Waals surface area (Å²) in [6.07, 6.45) is 8.29. The summed E-state index contributed by atoms with van der Waals surface area (Å²) in [7, 11) is 5.95. The number of terminal acetylenes is 1. The summed E-state index contributed by atoms with van der Waals surface area (Å²) in [5, 5.41) is 9.07. The molecule has 4 N–H and O–H groups in total. The normalized spacial score (nSPS) is 17.9. The van der Waals surface area contributed by atoms with Gasteiger partial charge in [-0.3, -0.25) is 19.4 Å². The third kappa shape index (κ3) is 17.6. The number of anilines is 2. The monoisotopic (exact) mass is 1460 g/mol. The van der Waals surface area contributed by atoms with Crippen LogP contribution in [0.15, 0.2) is 24.3 Å². The molecule has 4 atom stereocenters. The van der Waals surface area contributed by atoms with Crippen LogP contribution in [0.3, 0.4) is 0 Å². The van der Waals surface area contributed by atoms with Crippen molar-refractivity contribution in [1.29, 1.82) is 0 Å². The number of imidazole rings is 2. The Morgan fingerprint density at radius 2 is 0.969 bits per heavy atom. The molecule has 26 nitrogen and oxygen atoms in total. The van der Waals surface area contributed by atoms with Crippen molar-refractivity contribution in [3.63, 3.8) is 0 Å². The SMILES string of the molecule is C#Cc1nn([C@H]2C[C@H](COC)N(C(=O)OC(C)(C)C)C2)c(N(C)C(=O)OC(C)(C)C)c1C(N)=O.COC[C@H]1C[C@H](n2nc(C#Cc3cc4nc(C)n(C5CC5)c4cc3F)c(C(N)=O)c2N(C)C(=O)OC(C)(C)C)CN1C(=O)OC(C)(C)C.Cc1nc2cc(I)c(F)cc2n1C1CC1. The number of benzene rings is 2. The average Bonchev–Trinajstić information content (AvgIpc) is 1.64. The largest absolute Gasteiger partial charge is 0.444 e. The molecular weight excluding hydrogens is 1370 g/mol. The quantitative estimate of drug-likeness (QED) is 0.0654. The Morgan fingerprint density at radius 3 is 1.34 bits per heavy atom. The maximum Gasteiger partial charge on any atom is 0.415 e. The zero-order valence-electron chi connectivity index (χ0n) is 58.5. The number of aromatic nitrogens is 8. The van der Waals surface area contributed by atoms with E-state index in [-0.39, 0.29) is 77.9 Å². The number of fused-ring (bicyclic) bond motifs is 2. The Labute approximate surface area is 577 Å². The van der Waals surface area contributed by atoms with Crippen LogP contribution in [0.1, 0.15) is 195 Å². The van der Waals surface area contributed by atoms with E-state index in [9.17, 15) is 33.2 Å². The van der Waals surface area contributed by atoms with Crippen molar-refractivity contribution in [3.8, 4) is 24.2 Å². The lowest BCUT2D eigenvalue weighted by atomic mass is 10.1. The van der Waals surface area contributed by atoms with Gasteiger partial charge in [0.05, 0.1) is 68.6 Å². The zero-order valence-corrected chi connectivity index (χ0v) is 60.6. The van der Waals surface area contributed by atoms with Crippen molar-refractivity contribution < 1.29 is 66.0 Å². The second kappa shape index (κ2) is 28.9. The number of halogens is 3. The molecule has 0 unspecified atom stereocenters. The van der Waals surface area contributed by atoms with Gasteiger partial charge in [-0.15, -0.1) is 6.42 Å². The van der Waals surface area contributed by atoms with Crippen molar-refractivity contribution in [3.05, 3.63) is 79.2 Å². The van der Waals surface area contributed by atoms with E-state index >= 15 is 4.39 Å². The molecule has 6 amide bonds. The number of rotatable bonds is 12. The molecule has 6 aromatic rings. The second-order valence-corrected chi connectivity index (χ2v) is 29.7. The van der Waals surface area contributed by atoms with Gasteiger partial charge >= 0.3 is 24.4 Å². The van der Waals surface area contributed by atoms with E-state index < -0.39 is 82.5 Å². The topological polar surface area (TPSA) is 294 Å². The van der Waals surface area contributed by atoms with Gasteiger partial charge in [-0.05, 0) is 182 Å². The molecule has 4 aliphatic rings. The van der Waals surface area contributed by atoms with Crippen molar-refractivity contribution in [2.75, 3.05) is 64.4 Å².